The summed E-state index contributed by atoms with van der Waals surface area (Å²) in [5, 5.41) is 12.2. The highest BCUT2D eigenvalue weighted by Crippen LogP contribution is 2.23. The van der Waals surface area contributed by atoms with Gasteiger partial charge in [-0.15, -0.1) is 5.10 Å². The van der Waals surface area contributed by atoms with Crippen molar-refractivity contribution in [2.45, 2.75) is 13.8 Å². The van der Waals surface area contributed by atoms with Gasteiger partial charge in [-0.25, -0.2) is 0 Å². The Balaban J connectivity index is 1.44. The lowest BCUT2D eigenvalue weighted by Gasteiger charge is -2.36. The van der Waals surface area contributed by atoms with Gasteiger partial charge < -0.3 is 15.1 Å². The summed E-state index contributed by atoms with van der Waals surface area (Å²) in [5.74, 6) is 1.33. The Morgan fingerprint density at radius 2 is 1.75 bits per heavy atom. The Morgan fingerprint density at radius 3 is 2.50 bits per heavy atom. The summed E-state index contributed by atoms with van der Waals surface area (Å²) in [7, 11) is 0. The lowest BCUT2D eigenvalue weighted by atomic mass is 10.2. The Kier molecular flexibility index (Phi) is 5.30. The fraction of sp³-hybridized carbons (Fsp3) is 0.286. The van der Waals surface area contributed by atoms with Crippen molar-refractivity contribution in [1.29, 1.82) is 0 Å². The van der Waals surface area contributed by atoms with E-state index in [0.717, 1.165) is 43.2 Å². The van der Waals surface area contributed by atoms with Crippen molar-refractivity contribution in [2.75, 3.05) is 41.3 Å². The van der Waals surface area contributed by atoms with Crippen molar-refractivity contribution in [2.24, 2.45) is 0 Å². The molecule has 7 heteroatoms. The Labute approximate surface area is 170 Å². The van der Waals surface area contributed by atoms with Crippen molar-refractivity contribution < 1.29 is 0 Å². The van der Waals surface area contributed by atoms with Gasteiger partial charge in [0.05, 0.1) is 6.20 Å². The van der Waals surface area contributed by atoms with Gasteiger partial charge in [-0.3, -0.25) is 0 Å². The van der Waals surface area contributed by atoms with Gasteiger partial charge in [0.1, 0.15) is 0 Å². The number of benzene rings is 2. The van der Waals surface area contributed by atoms with Gasteiger partial charge in [-0.2, -0.15) is 10.1 Å². The molecular weight excluding hydrogens is 372 g/mol. The number of aryl methyl sites for hydroxylation is 2. The van der Waals surface area contributed by atoms with Gasteiger partial charge >= 0.3 is 0 Å². The fourth-order valence-electron chi connectivity index (χ4n) is 3.41. The van der Waals surface area contributed by atoms with Crippen LogP contribution in [0, 0.1) is 13.8 Å². The van der Waals surface area contributed by atoms with Crippen LogP contribution in [0.2, 0.25) is 5.02 Å². The van der Waals surface area contributed by atoms with Crippen LogP contribution in [0.1, 0.15) is 11.1 Å². The molecule has 1 aliphatic heterocycles. The third-order valence-corrected chi connectivity index (χ3v) is 5.19. The van der Waals surface area contributed by atoms with E-state index in [2.05, 4.69) is 61.5 Å². The van der Waals surface area contributed by atoms with E-state index >= 15 is 0 Å². The predicted octanol–water partition coefficient (Wildman–Crippen LogP) is 4.21. The fourth-order valence-corrected chi connectivity index (χ4v) is 3.63. The molecule has 1 aliphatic rings. The summed E-state index contributed by atoms with van der Waals surface area (Å²) in [6.45, 7) is 7.82. The van der Waals surface area contributed by atoms with Crippen molar-refractivity contribution >= 4 is 34.7 Å². The average Bonchev–Trinajstić information content (AvgIpc) is 2.71. The van der Waals surface area contributed by atoms with Gasteiger partial charge in [0.25, 0.3) is 0 Å². The van der Waals surface area contributed by atoms with Crippen LogP contribution in [0.5, 0.6) is 0 Å². The number of rotatable bonds is 4. The first-order valence-electron chi connectivity index (χ1n) is 9.38. The normalized spacial score (nSPS) is 14.2. The van der Waals surface area contributed by atoms with Gasteiger partial charge in [0, 0.05) is 42.6 Å². The first-order valence-corrected chi connectivity index (χ1v) is 9.76. The average molecular weight is 395 g/mol. The molecular formula is C21H23ClN6. The molecule has 144 valence electrons. The quantitative estimate of drug-likeness (QED) is 0.715. The minimum Gasteiger partial charge on any atom is -0.368 e. The topological polar surface area (TPSA) is 57.2 Å². The number of hydrogen-bond donors (Lipinski definition) is 1. The maximum Gasteiger partial charge on any atom is 0.249 e. The number of nitrogens with one attached hydrogen (secondary N) is 1. The minimum atomic E-state index is 0.490. The zero-order valence-electron chi connectivity index (χ0n) is 16.1. The first-order chi connectivity index (χ1) is 13.6. The second-order valence-corrected chi connectivity index (χ2v) is 7.47. The Bertz CT molecular complexity index is 969. The third-order valence-electron chi connectivity index (χ3n) is 4.95. The summed E-state index contributed by atoms with van der Waals surface area (Å²) in [5.41, 5.74) is 4.52. The van der Waals surface area contributed by atoms with Crippen LogP contribution in [-0.2, 0) is 0 Å². The summed E-state index contributed by atoms with van der Waals surface area (Å²) < 4.78 is 0. The maximum absolute atomic E-state index is 6.03. The maximum atomic E-state index is 6.03. The molecule has 1 fully saturated rings. The minimum absolute atomic E-state index is 0.490. The monoisotopic (exact) mass is 394 g/mol. The summed E-state index contributed by atoms with van der Waals surface area (Å²) in [4.78, 5) is 9.32. The molecule has 0 radical (unpaired) electrons. The van der Waals surface area contributed by atoms with Crippen LogP contribution in [0.3, 0.4) is 0 Å². The molecule has 3 aromatic rings. The third kappa shape index (κ3) is 4.17. The lowest BCUT2D eigenvalue weighted by molar-refractivity contribution is 0.644. The molecule has 0 amide bonds. The molecule has 4 rings (SSSR count). The zero-order valence-corrected chi connectivity index (χ0v) is 16.8. The molecule has 0 aliphatic carbocycles. The van der Waals surface area contributed by atoms with E-state index in [1.807, 2.05) is 25.1 Å². The molecule has 0 bridgehead atoms. The SMILES string of the molecule is Cc1cccc(N2CCN(c3cnnc(Nc4ccc(Cl)cc4C)n3)CC2)c1. The molecule has 2 aromatic carbocycles. The number of anilines is 4. The second kappa shape index (κ2) is 8.02. The number of hydrogen-bond acceptors (Lipinski definition) is 6. The molecule has 2 heterocycles. The number of aromatic nitrogens is 3. The summed E-state index contributed by atoms with van der Waals surface area (Å²) in [6, 6.07) is 14.3. The van der Waals surface area contributed by atoms with Crippen molar-refractivity contribution in [1.82, 2.24) is 15.2 Å². The van der Waals surface area contributed by atoms with Crippen LogP contribution in [-0.4, -0.2) is 41.4 Å². The van der Waals surface area contributed by atoms with Crippen molar-refractivity contribution in [3.63, 3.8) is 0 Å². The number of halogens is 1. The van der Waals surface area contributed by atoms with Gasteiger partial charge in [-0.05, 0) is 55.3 Å². The van der Waals surface area contributed by atoms with Crippen LogP contribution >= 0.6 is 11.6 Å². The van der Waals surface area contributed by atoms with Gasteiger partial charge in [0.15, 0.2) is 5.82 Å². The largest absolute Gasteiger partial charge is 0.368 e. The molecule has 28 heavy (non-hydrogen) atoms. The van der Waals surface area contributed by atoms with E-state index in [-0.39, 0.29) is 0 Å². The van der Waals surface area contributed by atoms with Crippen molar-refractivity contribution in [3.05, 3.63) is 64.8 Å². The van der Waals surface area contributed by atoms with E-state index in [4.69, 9.17) is 11.6 Å². The smallest absolute Gasteiger partial charge is 0.249 e. The molecule has 6 nitrogen and oxygen atoms in total. The molecule has 0 atom stereocenters. The van der Waals surface area contributed by atoms with Gasteiger partial charge in [0.2, 0.25) is 5.95 Å². The highest BCUT2D eigenvalue weighted by atomic mass is 35.5. The predicted molar refractivity (Wildman–Crippen MR) is 115 cm³/mol. The van der Waals surface area contributed by atoms with E-state index < -0.39 is 0 Å². The van der Waals surface area contributed by atoms with Crippen LogP contribution in [0.4, 0.5) is 23.1 Å². The Morgan fingerprint density at radius 1 is 0.964 bits per heavy atom. The summed E-state index contributed by atoms with van der Waals surface area (Å²) >= 11 is 6.03. The van der Waals surface area contributed by atoms with Gasteiger partial charge in [-0.1, -0.05) is 23.7 Å². The highest BCUT2D eigenvalue weighted by molar-refractivity contribution is 6.30. The van der Waals surface area contributed by atoms with E-state index in [0.29, 0.717) is 11.0 Å². The molecule has 1 saturated heterocycles. The van der Waals surface area contributed by atoms with E-state index in [9.17, 15) is 0 Å². The number of piperazine rings is 1. The lowest BCUT2D eigenvalue weighted by Crippen LogP contribution is -2.47. The molecule has 1 aromatic heterocycles. The van der Waals surface area contributed by atoms with Crippen LogP contribution in [0.25, 0.3) is 0 Å². The molecule has 0 spiro atoms. The molecule has 0 unspecified atom stereocenters. The molecule has 1 N–H and O–H groups in total. The highest BCUT2D eigenvalue weighted by Gasteiger charge is 2.19. The standard InChI is InChI=1S/C21H23ClN6/c1-15-4-3-5-18(12-15)27-8-10-28(11-9-27)20-14-23-26-21(25-20)24-19-7-6-17(22)13-16(19)2/h3-7,12-14H,8-11H2,1-2H3,(H,24,25,26). The van der Waals surface area contributed by atoms with E-state index in [1.165, 1.54) is 11.3 Å². The number of nitrogens with zero attached hydrogens (tertiary/aromatic N) is 5. The van der Waals surface area contributed by atoms with E-state index in [1.54, 1.807) is 6.20 Å². The first kappa shape index (κ1) is 18.5. The molecule has 0 saturated carbocycles. The Hall–Kier alpha value is -2.86. The zero-order chi connectivity index (χ0) is 19.5. The van der Waals surface area contributed by atoms with Crippen molar-refractivity contribution in [3.8, 4) is 0 Å². The van der Waals surface area contributed by atoms with Crippen LogP contribution in [0.15, 0.2) is 48.7 Å². The second-order valence-electron chi connectivity index (χ2n) is 7.04. The van der Waals surface area contributed by atoms with Crippen LogP contribution < -0.4 is 15.1 Å². The summed E-state index contributed by atoms with van der Waals surface area (Å²) in [6.07, 6.45) is 1.72.